The number of likely N-dealkylation sites (N-methyl/N-ethyl adjacent to an activating group) is 1. The second-order valence-electron chi connectivity index (χ2n) is 8.24. The Hall–Kier alpha value is -1.79. The minimum absolute atomic E-state index is 0.134. The Morgan fingerprint density at radius 3 is 2.75 bits per heavy atom. The Labute approximate surface area is 167 Å². The summed E-state index contributed by atoms with van der Waals surface area (Å²) in [4.78, 5) is 8.20. The van der Waals surface area contributed by atoms with Gasteiger partial charge in [-0.1, -0.05) is 11.2 Å². The average molecular weight is 389 g/mol. The molecule has 2 heterocycles. The molecule has 1 aromatic rings. The van der Waals surface area contributed by atoms with Crippen molar-refractivity contribution in [1.29, 1.82) is 0 Å². The van der Waals surface area contributed by atoms with Gasteiger partial charge < -0.3 is 23.9 Å². The Morgan fingerprint density at radius 1 is 1.14 bits per heavy atom. The first-order valence-corrected chi connectivity index (χ1v) is 10.4. The van der Waals surface area contributed by atoms with Crippen LogP contribution in [0.4, 0.5) is 0 Å². The first-order valence-electron chi connectivity index (χ1n) is 10.4. The molecule has 3 atom stereocenters. The molecule has 154 valence electrons. The average Bonchev–Trinajstić information content (AvgIpc) is 3.09. The van der Waals surface area contributed by atoms with Crippen LogP contribution >= 0.6 is 0 Å². The van der Waals surface area contributed by atoms with E-state index in [1.807, 2.05) is 6.07 Å². The summed E-state index contributed by atoms with van der Waals surface area (Å²) in [7, 11) is 5.61. The van der Waals surface area contributed by atoms with Crippen molar-refractivity contribution in [2.24, 2.45) is 5.16 Å². The number of hydrogen-bond donors (Lipinski definition) is 0. The second kappa shape index (κ2) is 8.29. The van der Waals surface area contributed by atoms with Crippen LogP contribution in [0, 0.1) is 0 Å². The third kappa shape index (κ3) is 3.60. The summed E-state index contributed by atoms with van der Waals surface area (Å²) < 4.78 is 16.7. The summed E-state index contributed by atoms with van der Waals surface area (Å²) in [5.74, 6) is 1.59. The van der Waals surface area contributed by atoms with E-state index in [0.717, 1.165) is 75.3 Å². The number of benzene rings is 1. The summed E-state index contributed by atoms with van der Waals surface area (Å²) in [5, 5.41) is 4.51. The predicted molar refractivity (Wildman–Crippen MR) is 108 cm³/mol. The van der Waals surface area contributed by atoms with E-state index in [-0.39, 0.29) is 11.7 Å². The third-order valence-electron chi connectivity index (χ3n) is 6.76. The molecule has 4 rings (SSSR count). The Kier molecular flexibility index (Phi) is 5.78. The molecule has 0 radical (unpaired) electrons. The van der Waals surface area contributed by atoms with Crippen LogP contribution in [-0.2, 0) is 15.0 Å². The Bertz CT molecular complexity index is 716. The summed E-state index contributed by atoms with van der Waals surface area (Å²) >= 11 is 0. The number of nitrogens with zero attached hydrogens (tertiary/aromatic N) is 2. The third-order valence-corrected chi connectivity index (χ3v) is 6.76. The lowest BCUT2D eigenvalue weighted by Crippen LogP contribution is -2.46. The number of ether oxygens (including phenoxy) is 3. The molecule has 0 amide bonds. The van der Waals surface area contributed by atoms with Gasteiger partial charge in [0.2, 0.25) is 6.29 Å². The van der Waals surface area contributed by atoms with Gasteiger partial charge in [-0.25, -0.2) is 0 Å². The molecule has 0 N–H and O–H groups in total. The van der Waals surface area contributed by atoms with Gasteiger partial charge in [0.15, 0.2) is 11.5 Å². The number of rotatable bonds is 5. The first-order chi connectivity index (χ1) is 13.7. The van der Waals surface area contributed by atoms with E-state index >= 15 is 0 Å². The Morgan fingerprint density at radius 2 is 2.00 bits per heavy atom. The van der Waals surface area contributed by atoms with Crippen molar-refractivity contribution in [3.05, 3.63) is 23.8 Å². The highest BCUT2D eigenvalue weighted by Crippen LogP contribution is 2.49. The number of oxime groups is 1. The number of fused-ring (bicyclic) bond motifs is 1. The number of methoxy groups -OCH3 is 2. The second-order valence-corrected chi connectivity index (χ2v) is 8.24. The van der Waals surface area contributed by atoms with Gasteiger partial charge in [-0.3, -0.25) is 0 Å². The Balaban J connectivity index is 1.53. The minimum atomic E-state index is -0.167. The van der Waals surface area contributed by atoms with Gasteiger partial charge in [0, 0.05) is 24.3 Å². The van der Waals surface area contributed by atoms with Crippen LogP contribution in [0.2, 0.25) is 0 Å². The van der Waals surface area contributed by atoms with Gasteiger partial charge in [-0.05, 0) is 63.4 Å². The van der Waals surface area contributed by atoms with Gasteiger partial charge in [0.1, 0.15) is 0 Å². The fourth-order valence-electron chi connectivity index (χ4n) is 5.09. The van der Waals surface area contributed by atoms with Crippen molar-refractivity contribution in [3.8, 4) is 11.5 Å². The monoisotopic (exact) mass is 388 g/mol. The van der Waals surface area contributed by atoms with E-state index in [9.17, 15) is 0 Å². The van der Waals surface area contributed by atoms with Crippen LogP contribution in [0.3, 0.4) is 0 Å². The minimum Gasteiger partial charge on any atom is -0.493 e. The van der Waals surface area contributed by atoms with Crippen molar-refractivity contribution < 1.29 is 19.0 Å². The highest BCUT2D eigenvalue weighted by atomic mass is 16.8. The molecular formula is C22H32N2O4. The zero-order valence-corrected chi connectivity index (χ0v) is 17.3. The summed E-state index contributed by atoms with van der Waals surface area (Å²) in [5.41, 5.74) is 2.63. The van der Waals surface area contributed by atoms with Crippen molar-refractivity contribution in [2.45, 2.75) is 62.7 Å². The molecule has 3 aliphatic rings. The molecule has 6 nitrogen and oxygen atoms in total. The van der Waals surface area contributed by atoms with Crippen LogP contribution in [-0.4, -0.2) is 57.4 Å². The maximum Gasteiger partial charge on any atom is 0.226 e. The predicted octanol–water partition coefficient (Wildman–Crippen LogP) is 3.73. The maximum atomic E-state index is 5.72. The van der Waals surface area contributed by atoms with Gasteiger partial charge in [0.25, 0.3) is 0 Å². The fourth-order valence-corrected chi connectivity index (χ4v) is 5.09. The quantitative estimate of drug-likeness (QED) is 0.720. The van der Waals surface area contributed by atoms with E-state index in [2.05, 4.69) is 29.2 Å². The summed E-state index contributed by atoms with van der Waals surface area (Å²) in [6.07, 6.45) is 7.19. The molecule has 1 saturated carbocycles. The lowest BCUT2D eigenvalue weighted by molar-refractivity contribution is -0.162. The topological polar surface area (TPSA) is 52.5 Å². The molecular weight excluding hydrogens is 356 g/mol. The van der Waals surface area contributed by atoms with Gasteiger partial charge >= 0.3 is 0 Å². The van der Waals surface area contributed by atoms with E-state index in [1.165, 1.54) is 5.56 Å². The SMILES string of the molecule is COc1ccc([C@@]23CC/C(=N\OC4CCCCO4)C[C@@H]2N(C)CC3)cc1OC. The largest absolute Gasteiger partial charge is 0.493 e. The highest BCUT2D eigenvalue weighted by molar-refractivity contribution is 5.86. The van der Waals surface area contributed by atoms with Crippen LogP contribution in [0.15, 0.2) is 23.4 Å². The number of likely N-dealkylation sites (tertiary alicyclic amines) is 1. The number of hydrogen-bond acceptors (Lipinski definition) is 6. The van der Waals surface area contributed by atoms with Gasteiger partial charge in [-0.2, -0.15) is 0 Å². The molecule has 0 bridgehead atoms. The molecule has 28 heavy (non-hydrogen) atoms. The molecule has 1 aliphatic carbocycles. The molecule has 1 aromatic carbocycles. The standard InChI is InChI=1S/C22H32N2O4/c1-24-12-11-22(16-7-8-18(25-2)19(14-16)26-3)10-9-17(15-20(22)24)23-28-21-6-4-5-13-27-21/h7-8,14,20-21H,4-6,9-13,15H2,1-3H3/b23-17+/t20-,21?,22-/m0/s1. The van der Waals surface area contributed by atoms with Crippen molar-refractivity contribution in [3.63, 3.8) is 0 Å². The maximum absolute atomic E-state index is 5.72. The van der Waals surface area contributed by atoms with Crippen molar-refractivity contribution in [1.82, 2.24) is 4.90 Å². The van der Waals surface area contributed by atoms with Gasteiger partial charge in [-0.15, -0.1) is 0 Å². The van der Waals surface area contributed by atoms with Crippen LogP contribution < -0.4 is 9.47 Å². The molecule has 2 saturated heterocycles. The molecule has 6 heteroatoms. The summed E-state index contributed by atoms with van der Waals surface area (Å²) in [6.45, 7) is 1.88. The highest BCUT2D eigenvalue weighted by Gasteiger charge is 2.50. The first kappa shape index (κ1) is 19.5. The molecule has 2 aliphatic heterocycles. The molecule has 1 unspecified atom stereocenters. The smallest absolute Gasteiger partial charge is 0.226 e. The fraction of sp³-hybridized carbons (Fsp3) is 0.682. The van der Waals surface area contributed by atoms with Crippen molar-refractivity contribution >= 4 is 5.71 Å². The normalized spacial score (nSPS) is 32.2. The summed E-state index contributed by atoms with van der Waals surface area (Å²) in [6, 6.07) is 6.83. The lowest BCUT2D eigenvalue weighted by Gasteiger charge is -2.42. The van der Waals surface area contributed by atoms with Gasteiger partial charge in [0.05, 0.1) is 26.5 Å². The van der Waals surface area contributed by atoms with E-state index < -0.39 is 0 Å². The molecule has 0 aromatic heterocycles. The van der Waals surface area contributed by atoms with E-state index in [0.29, 0.717) is 6.04 Å². The van der Waals surface area contributed by atoms with E-state index in [1.54, 1.807) is 14.2 Å². The lowest BCUT2D eigenvalue weighted by atomic mass is 9.65. The zero-order chi connectivity index (χ0) is 19.6. The molecule has 0 spiro atoms. The molecule has 3 fully saturated rings. The van der Waals surface area contributed by atoms with Crippen LogP contribution in [0.1, 0.15) is 50.5 Å². The van der Waals surface area contributed by atoms with Crippen LogP contribution in [0.5, 0.6) is 11.5 Å². The van der Waals surface area contributed by atoms with Crippen molar-refractivity contribution in [2.75, 3.05) is 34.4 Å². The zero-order valence-electron chi connectivity index (χ0n) is 17.3. The van der Waals surface area contributed by atoms with Crippen LogP contribution in [0.25, 0.3) is 0 Å². The van der Waals surface area contributed by atoms with E-state index in [4.69, 9.17) is 19.0 Å².